The van der Waals surface area contributed by atoms with Crippen molar-refractivity contribution in [3.05, 3.63) is 76.3 Å². The van der Waals surface area contributed by atoms with Gasteiger partial charge in [-0.05, 0) is 55.0 Å². The number of Topliss-reactive ketones (excluding diaryl/α,β-unsaturated/α-hetero) is 1. The number of ether oxygens (including phenoxy) is 3. The number of rotatable bonds is 7. The maximum absolute atomic E-state index is 13.4. The first-order valence-electron chi connectivity index (χ1n) is 11.2. The average molecular weight is 526 g/mol. The minimum atomic E-state index is -1.21. The van der Waals surface area contributed by atoms with Gasteiger partial charge in [0, 0.05) is 11.1 Å². The molecule has 1 amide bonds. The molecule has 1 heterocycles. The molecule has 1 aliphatic rings. The van der Waals surface area contributed by atoms with Gasteiger partial charge in [-0.2, -0.15) is 0 Å². The van der Waals surface area contributed by atoms with E-state index >= 15 is 0 Å². The summed E-state index contributed by atoms with van der Waals surface area (Å²) in [7, 11) is 2.86. The maximum atomic E-state index is 13.4. The standard InChI is InChI=1S/C27H24ClNO8/c1-4-37-22-11-14(5-9-20(22)31)24-23(25(32)17-8-7-16(35-2)13-21(17)36-3)26(33)27(34)29(24)18-12-15(28)6-10-19(18)30/h5-13,24,30-32H,4H2,1-3H3/b25-23+. The van der Waals surface area contributed by atoms with Crippen LogP contribution in [0, 0.1) is 0 Å². The molecule has 9 nitrogen and oxygen atoms in total. The van der Waals surface area contributed by atoms with Gasteiger partial charge in [-0.15, -0.1) is 0 Å². The second-order valence-electron chi connectivity index (χ2n) is 8.03. The zero-order chi connectivity index (χ0) is 26.9. The molecule has 0 aliphatic carbocycles. The zero-order valence-corrected chi connectivity index (χ0v) is 20.9. The summed E-state index contributed by atoms with van der Waals surface area (Å²) in [4.78, 5) is 27.8. The van der Waals surface area contributed by atoms with Crippen LogP contribution in [0.25, 0.3) is 5.76 Å². The molecule has 1 saturated heterocycles. The minimum Gasteiger partial charge on any atom is -0.507 e. The molecule has 1 atom stereocenters. The molecule has 1 aliphatic heterocycles. The van der Waals surface area contributed by atoms with Gasteiger partial charge in [0.1, 0.15) is 23.0 Å². The van der Waals surface area contributed by atoms with Gasteiger partial charge in [0.15, 0.2) is 11.5 Å². The zero-order valence-electron chi connectivity index (χ0n) is 20.2. The lowest BCUT2D eigenvalue weighted by molar-refractivity contribution is -0.132. The predicted octanol–water partition coefficient (Wildman–Crippen LogP) is 4.79. The highest BCUT2D eigenvalue weighted by Gasteiger charge is 2.48. The van der Waals surface area contributed by atoms with Crippen LogP contribution >= 0.6 is 11.6 Å². The summed E-state index contributed by atoms with van der Waals surface area (Å²) in [6, 6.07) is 11.7. The third-order valence-corrected chi connectivity index (χ3v) is 6.14. The average Bonchev–Trinajstić information content (AvgIpc) is 3.16. The van der Waals surface area contributed by atoms with Crippen molar-refractivity contribution < 1.29 is 39.1 Å². The van der Waals surface area contributed by atoms with Gasteiger partial charge in [0.2, 0.25) is 0 Å². The van der Waals surface area contributed by atoms with Crippen LogP contribution in [0.15, 0.2) is 60.2 Å². The molecule has 3 aromatic rings. The Morgan fingerprint density at radius 2 is 1.68 bits per heavy atom. The van der Waals surface area contributed by atoms with Crippen LogP contribution in [0.1, 0.15) is 24.1 Å². The van der Waals surface area contributed by atoms with Gasteiger partial charge in [-0.3, -0.25) is 14.5 Å². The number of phenols is 2. The number of phenolic OH excluding ortho intramolecular Hbond substituents is 2. The third kappa shape index (κ3) is 4.61. The van der Waals surface area contributed by atoms with E-state index in [1.165, 1.54) is 62.8 Å². The number of halogens is 1. The summed E-state index contributed by atoms with van der Waals surface area (Å²) < 4.78 is 16.1. The third-order valence-electron chi connectivity index (χ3n) is 5.90. The summed E-state index contributed by atoms with van der Waals surface area (Å²) in [5.74, 6) is -2.18. The summed E-state index contributed by atoms with van der Waals surface area (Å²) in [5.41, 5.74) is 0.173. The van der Waals surface area contributed by atoms with Crippen LogP contribution in [0.5, 0.6) is 28.7 Å². The Morgan fingerprint density at radius 1 is 0.946 bits per heavy atom. The van der Waals surface area contributed by atoms with E-state index in [1.54, 1.807) is 13.0 Å². The van der Waals surface area contributed by atoms with Crippen LogP contribution in [-0.2, 0) is 9.59 Å². The molecule has 37 heavy (non-hydrogen) atoms. The number of methoxy groups -OCH3 is 2. The van der Waals surface area contributed by atoms with Crippen LogP contribution in [0.2, 0.25) is 5.02 Å². The quantitative estimate of drug-likeness (QED) is 0.228. The van der Waals surface area contributed by atoms with E-state index in [0.29, 0.717) is 11.3 Å². The molecule has 192 valence electrons. The Bertz CT molecular complexity index is 1420. The van der Waals surface area contributed by atoms with E-state index in [4.69, 9.17) is 25.8 Å². The largest absolute Gasteiger partial charge is 0.507 e. The molecule has 1 unspecified atom stereocenters. The van der Waals surface area contributed by atoms with Crippen molar-refractivity contribution >= 4 is 34.7 Å². The number of ketones is 1. The molecule has 0 bridgehead atoms. The van der Waals surface area contributed by atoms with E-state index in [9.17, 15) is 24.9 Å². The van der Waals surface area contributed by atoms with Gasteiger partial charge < -0.3 is 29.5 Å². The number of benzene rings is 3. The van der Waals surface area contributed by atoms with Crippen molar-refractivity contribution in [3.63, 3.8) is 0 Å². The van der Waals surface area contributed by atoms with Gasteiger partial charge in [0.05, 0.1) is 43.7 Å². The SMILES string of the molecule is CCOc1cc(C2/C(=C(\O)c3ccc(OC)cc3OC)C(=O)C(=O)N2c2cc(Cl)ccc2O)ccc1O. The Hall–Kier alpha value is -4.37. The lowest BCUT2D eigenvalue weighted by Gasteiger charge is -2.26. The first-order chi connectivity index (χ1) is 17.7. The van der Waals surface area contributed by atoms with Crippen LogP contribution in [0.4, 0.5) is 5.69 Å². The molecule has 3 aromatic carbocycles. The number of anilines is 1. The second-order valence-corrected chi connectivity index (χ2v) is 8.46. The van der Waals surface area contributed by atoms with Gasteiger partial charge >= 0.3 is 0 Å². The summed E-state index contributed by atoms with van der Waals surface area (Å²) in [6.45, 7) is 1.98. The fourth-order valence-corrected chi connectivity index (χ4v) is 4.36. The summed E-state index contributed by atoms with van der Waals surface area (Å²) >= 11 is 6.15. The molecule has 0 aromatic heterocycles. The van der Waals surface area contributed by atoms with Crippen LogP contribution in [0.3, 0.4) is 0 Å². The topological polar surface area (TPSA) is 126 Å². The fraction of sp³-hybridized carbons (Fsp3) is 0.185. The number of nitrogens with zero attached hydrogens (tertiary/aromatic N) is 1. The summed E-state index contributed by atoms with van der Waals surface area (Å²) in [6.07, 6.45) is 0. The molecule has 0 radical (unpaired) electrons. The van der Waals surface area contributed by atoms with Gasteiger partial charge in [-0.25, -0.2) is 0 Å². The second kappa shape index (κ2) is 10.3. The Labute approximate surface area is 217 Å². The Kier molecular flexibility index (Phi) is 7.17. The Balaban J connectivity index is 2.02. The smallest absolute Gasteiger partial charge is 0.300 e. The van der Waals surface area contributed by atoms with Gasteiger partial charge in [-0.1, -0.05) is 17.7 Å². The molecular formula is C27H24ClNO8. The van der Waals surface area contributed by atoms with E-state index in [2.05, 4.69) is 0 Å². The molecule has 0 spiro atoms. The number of aliphatic hydroxyl groups is 1. The lowest BCUT2D eigenvalue weighted by atomic mass is 9.94. The highest BCUT2D eigenvalue weighted by molar-refractivity contribution is 6.52. The van der Waals surface area contributed by atoms with E-state index in [1.807, 2.05) is 0 Å². The van der Waals surface area contributed by atoms with E-state index in [0.717, 1.165) is 4.90 Å². The Morgan fingerprint density at radius 3 is 2.35 bits per heavy atom. The van der Waals surface area contributed by atoms with Crippen molar-refractivity contribution in [2.75, 3.05) is 25.7 Å². The van der Waals surface area contributed by atoms with Crippen LogP contribution in [-0.4, -0.2) is 47.8 Å². The number of aliphatic hydroxyl groups excluding tert-OH is 1. The van der Waals surface area contributed by atoms with Crippen molar-refractivity contribution in [2.24, 2.45) is 0 Å². The number of carbonyl (C=O) groups excluding carboxylic acids is 2. The van der Waals surface area contributed by atoms with Crippen molar-refractivity contribution in [3.8, 4) is 28.7 Å². The first-order valence-corrected chi connectivity index (χ1v) is 11.6. The molecule has 1 fully saturated rings. The van der Waals surface area contributed by atoms with Crippen LogP contribution < -0.4 is 19.1 Å². The number of hydrogen-bond acceptors (Lipinski definition) is 8. The van der Waals surface area contributed by atoms with Crippen molar-refractivity contribution in [2.45, 2.75) is 13.0 Å². The minimum absolute atomic E-state index is 0.0358. The van der Waals surface area contributed by atoms with Crippen molar-refractivity contribution in [1.82, 2.24) is 0 Å². The number of amides is 1. The molecule has 4 rings (SSSR count). The molecule has 0 saturated carbocycles. The summed E-state index contributed by atoms with van der Waals surface area (Å²) in [5, 5.41) is 32.5. The number of carbonyl (C=O) groups is 2. The van der Waals surface area contributed by atoms with E-state index in [-0.39, 0.29) is 51.5 Å². The molecule has 3 N–H and O–H groups in total. The fourth-order valence-electron chi connectivity index (χ4n) is 4.20. The number of aromatic hydroxyl groups is 2. The first kappa shape index (κ1) is 25.7. The van der Waals surface area contributed by atoms with Crippen molar-refractivity contribution in [1.29, 1.82) is 0 Å². The predicted molar refractivity (Wildman–Crippen MR) is 137 cm³/mol. The highest BCUT2D eigenvalue weighted by Crippen LogP contribution is 2.47. The number of hydrogen-bond donors (Lipinski definition) is 3. The monoisotopic (exact) mass is 525 g/mol. The molecular weight excluding hydrogens is 502 g/mol. The van der Waals surface area contributed by atoms with Gasteiger partial charge in [0.25, 0.3) is 11.7 Å². The molecule has 10 heteroatoms. The van der Waals surface area contributed by atoms with E-state index < -0.39 is 23.5 Å². The highest BCUT2D eigenvalue weighted by atomic mass is 35.5. The normalized spacial score (nSPS) is 16.6. The maximum Gasteiger partial charge on any atom is 0.300 e. The lowest BCUT2D eigenvalue weighted by Crippen LogP contribution is -2.29.